The molecule has 0 radical (unpaired) electrons. The van der Waals surface area contributed by atoms with Crippen LogP contribution >= 0.6 is 35.0 Å². The van der Waals surface area contributed by atoms with Crippen molar-refractivity contribution in [1.82, 2.24) is 0 Å². The van der Waals surface area contributed by atoms with Crippen LogP contribution in [0.1, 0.15) is 10.6 Å². The Labute approximate surface area is 124 Å². The number of carbonyl (C=O) groups is 1. The van der Waals surface area contributed by atoms with Crippen LogP contribution in [-0.2, 0) is 4.74 Å². The van der Waals surface area contributed by atoms with E-state index in [1.165, 1.54) is 24.9 Å². The number of thioether (sulfide) groups is 1. The van der Waals surface area contributed by atoms with Crippen LogP contribution in [0.25, 0.3) is 11.3 Å². The molecule has 6 heteroatoms. The van der Waals surface area contributed by atoms with E-state index in [4.69, 9.17) is 27.6 Å². The Balaban J connectivity index is 2.44. The molecule has 100 valence electrons. The summed E-state index contributed by atoms with van der Waals surface area (Å²) in [5.74, 6) is 0.0628. The monoisotopic (exact) mass is 316 g/mol. The van der Waals surface area contributed by atoms with Crippen LogP contribution < -0.4 is 0 Å². The van der Waals surface area contributed by atoms with Gasteiger partial charge in [0.1, 0.15) is 5.76 Å². The van der Waals surface area contributed by atoms with Gasteiger partial charge in [0, 0.05) is 10.5 Å². The first-order valence-corrected chi connectivity index (χ1v) is 7.26. The maximum Gasteiger partial charge on any atom is 0.373 e. The molecule has 1 heterocycles. The van der Waals surface area contributed by atoms with Gasteiger partial charge in [0.05, 0.1) is 17.2 Å². The van der Waals surface area contributed by atoms with E-state index in [9.17, 15) is 4.79 Å². The van der Waals surface area contributed by atoms with Crippen LogP contribution in [0.5, 0.6) is 0 Å². The number of benzene rings is 1. The molecule has 0 saturated heterocycles. The molecule has 0 bridgehead atoms. The van der Waals surface area contributed by atoms with Crippen molar-refractivity contribution in [3.8, 4) is 11.3 Å². The average molecular weight is 317 g/mol. The molecule has 2 rings (SSSR count). The number of halogens is 2. The largest absolute Gasteiger partial charge is 0.463 e. The molecule has 0 saturated carbocycles. The van der Waals surface area contributed by atoms with Gasteiger partial charge in [0.25, 0.3) is 0 Å². The van der Waals surface area contributed by atoms with Crippen LogP contribution in [-0.4, -0.2) is 19.3 Å². The Hall–Kier alpha value is -1.10. The molecule has 0 aliphatic rings. The van der Waals surface area contributed by atoms with Gasteiger partial charge in [0.2, 0.25) is 5.76 Å². The van der Waals surface area contributed by atoms with Crippen molar-refractivity contribution in [2.75, 3.05) is 13.4 Å². The van der Waals surface area contributed by atoms with Crippen molar-refractivity contribution in [3.05, 3.63) is 40.1 Å². The first-order chi connectivity index (χ1) is 9.06. The van der Waals surface area contributed by atoms with Crippen molar-refractivity contribution < 1.29 is 13.9 Å². The molecule has 0 N–H and O–H groups in total. The number of rotatable bonds is 3. The molecular weight excluding hydrogens is 307 g/mol. The van der Waals surface area contributed by atoms with Gasteiger partial charge in [-0.05, 0) is 30.5 Å². The topological polar surface area (TPSA) is 39.4 Å². The second-order valence-electron chi connectivity index (χ2n) is 3.62. The Kier molecular flexibility index (Phi) is 4.45. The average Bonchev–Trinajstić information content (AvgIpc) is 2.89. The maximum atomic E-state index is 11.3. The van der Waals surface area contributed by atoms with Gasteiger partial charge in [-0.15, -0.1) is 11.8 Å². The Morgan fingerprint density at radius 1 is 1.26 bits per heavy atom. The van der Waals surface area contributed by atoms with Crippen molar-refractivity contribution in [2.24, 2.45) is 0 Å². The summed E-state index contributed by atoms with van der Waals surface area (Å²) in [5.41, 5.74) is 0.639. The number of hydrogen-bond acceptors (Lipinski definition) is 4. The second kappa shape index (κ2) is 5.90. The van der Waals surface area contributed by atoms with Crippen LogP contribution in [0.2, 0.25) is 10.0 Å². The van der Waals surface area contributed by atoms with Gasteiger partial charge in [-0.3, -0.25) is 0 Å². The van der Waals surface area contributed by atoms with Gasteiger partial charge in [-0.1, -0.05) is 23.2 Å². The van der Waals surface area contributed by atoms with Crippen molar-refractivity contribution in [3.63, 3.8) is 0 Å². The minimum atomic E-state index is -0.533. The summed E-state index contributed by atoms with van der Waals surface area (Å²) in [6.45, 7) is 0. The zero-order valence-corrected chi connectivity index (χ0v) is 12.5. The summed E-state index contributed by atoms with van der Waals surface area (Å²) in [4.78, 5) is 12.2. The first-order valence-electron chi connectivity index (χ1n) is 5.28. The number of hydrogen-bond donors (Lipinski definition) is 0. The van der Waals surface area contributed by atoms with E-state index in [-0.39, 0.29) is 5.76 Å². The number of ether oxygens (including phenoxy) is 1. The molecule has 1 aromatic carbocycles. The molecule has 0 aliphatic carbocycles. The Morgan fingerprint density at radius 2 is 2.00 bits per heavy atom. The van der Waals surface area contributed by atoms with Gasteiger partial charge in [-0.2, -0.15) is 0 Å². The molecule has 0 spiro atoms. The highest BCUT2D eigenvalue weighted by Crippen LogP contribution is 2.37. The summed E-state index contributed by atoms with van der Waals surface area (Å²) < 4.78 is 9.99. The highest BCUT2D eigenvalue weighted by Gasteiger charge is 2.15. The zero-order valence-electron chi connectivity index (χ0n) is 10.2. The Bertz CT molecular complexity index is 622. The molecule has 1 aromatic heterocycles. The fourth-order valence-electron chi connectivity index (χ4n) is 1.57. The molecule has 0 aliphatic heterocycles. The molecule has 0 unspecified atom stereocenters. The Morgan fingerprint density at radius 3 is 2.63 bits per heavy atom. The summed E-state index contributed by atoms with van der Waals surface area (Å²) >= 11 is 13.8. The normalized spacial score (nSPS) is 10.5. The summed E-state index contributed by atoms with van der Waals surface area (Å²) in [6, 6.07) is 6.68. The highest BCUT2D eigenvalue weighted by atomic mass is 35.5. The lowest BCUT2D eigenvalue weighted by molar-refractivity contribution is 0.0566. The van der Waals surface area contributed by atoms with Crippen molar-refractivity contribution in [1.29, 1.82) is 0 Å². The molecule has 3 nitrogen and oxygen atoms in total. The third-order valence-corrected chi connectivity index (χ3v) is 4.01. The van der Waals surface area contributed by atoms with Crippen LogP contribution in [0.3, 0.4) is 0 Å². The van der Waals surface area contributed by atoms with Gasteiger partial charge in [0.15, 0.2) is 0 Å². The molecule has 2 aromatic rings. The predicted octanol–water partition coefficient (Wildman–Crippen LogP) is 4.76. The lowest BCUT2D eigenvalue weighted by atomic mass is 10.2. The van der Waals surface area contributed by atoms with Crippen LogP contribution in [0.15, 0.2) is 33.6 Å². The SMILES string of the molecule is COC(=O)c1ccc(-c2cc(Cl)c(SC)cc2Cl)o1. The smallest absolute Gasteiger partial charge is 0.373 e. The maximum absolute atomic E-state index is 11.3. The van der Waals surface area contributed by atoms with Gasteiger partial charge in [-0.25, -0.2) is 4.79 Å². The summed E-state index contributed by atoms with van der Waals surface area (Å²) in [5, 5.41) is 1.10. The number of methoxy groups -OCH3 is 1. The van der Waals surface area contributed by atoms with Crippen LogP contribution in [0.4, 0.5) is 0 Å². The lowest BCUT2D eigenvalue weighted by Gasteiger charge is -2.06. The zero-order chi connectivity index (χ0) is 14.0. The fourth-order valence-corrected chi connectivity index (χ4v) is 2.77. The van der Waals surface area contributed by atoms with Gasteiger partial charge >= 0.3 is 5.97 Å². The minimum Gasteiger partial charge on any atom is -0.463 e. The lowest BCUT2D eigenvalue weighted by Crippen LogP contribution is -1.98. The highest BCUT2D eigenvalue weighted by molar-refractivity contribution is 7.98. The standard InChI is InChI=1S/C13H10Cl2O3S/c1-17-13(16)11-4-3-10(18-11)7-5-9(15)12(19-2)6-8(7)14/h3-6H,1-2H3. The van der Waals surface area contributed by atoms with Crippen molar-refractivity contribution >= 4 is 40.9 Å². The van der Waals surface area contributed by atoms with E-state index in [1.54, 1.807) is 18.2 Å². The minimum absolute atomic E-state index is 0.124. The molecular formula is C13H10Cl2O3S. The van der Waals surface area contributed by atoms with E-state index in [2.05, 4.69) is 4.74 Å². The second-order valence-corrected chi connectivity index (χ2v) is 5.28. The van der Waals surface area contributed by atoms with E-state index in [1.807, 2.05) is 6.26 Å². The molecule has 0 atom stereocenters. The van der Waals surface area contributed by atoms with E-state index >= 15 is 0 Å². The van der Waals surface area contributed by atoms with E-state index in [0.717, 1.165) is 4.90 Å². The predicted molar refractivity (Wildman–Crippen MR) is 77.3 cm³/mol. The summed E-state index contributed by atoms with van der Waals surface area (Å²) in [7, 11) is 1.29. The summed E-state index contributed by atoms with van der Waals surface area (Å²) in [6.07, 6.45) is 1.92. The number of esters is 1. The molecule has 19 heavy (non-hydrogen) atoms. The van der Waals surface area contributed by atoms with Crippen LogP contribution in [0, 0.1) is 0 Å². The van der Waals surface area contributed by atoms with Gasteiger partial charge < -0.3 is 9.15 Å². The quantitative estimate of drug-likeness (QED) is 0.604. The fraction of sp³-hybridized carbons (Fsp3) is 0.154. The third-order valence-electron chi connectivity index (χ3n) is 2.50. The van der Waals surface area contributed by atoms with Crippen molar-refractivity contribution in [2.45, 2.75) is 4.90 Å². The van der Waals surface area contributed by atoms with E-state index < -0.39 is 5.97 Å². The molecule has 0 fully saturated rings. The molecule has 0 amide bonds. The third kappa shape index (κ3) is 2.91. The number of carbonyl (C=O) groups excluding carboxylic acids is 1. The van der Waals surface area contributed by atoms with E-state index in [0.29, 0.717) is 21.4 Å². The number of furan rings is 1. The first kappa shape index (κ1) is 14.3.